The van der Waals surface area contributed by atoms with Crippen LogP contribution < -0.4 is 0 Å². The van der Waals surface area contributed by atoms with Gasteiger partial charge in [0, 0.05) is 37.8 Å². The Labute approximate surface area is 116 Å². The van der Waals surface area contributed by atoms with Crippen LogP contribution in [0.5, 0.6) is 0 Å². The molecule has 0 bridgehead atoms. The third-order valence-corrected chi connectivity index (χ3v) is 3.29. The van der Waals surface area contributed by atoms with Crippen molar-refractivity contribution in [1.82, 2.24) is 14.7 Å². The number of rotatable bonds is 3. The molecular formula is C13H16N4O3. The van der Waals surface area contributed by atoms with Crippen LogP contribution in [0, 0.1) is 11.3 Å². The standard InChI is InChI=1S/C13H16N4O3/c1-3-20-13(19)12-9-8-17(11(18)4-6-14)7-5-10(9)16(2)15-12/h3-5,7-8H2,1-2H3. The lowest BCUT2D eigenvalue weighted by Gasteiger charge is -2.26. The van der Waals surface area contributed by atoms with Gasteiger partial charge in [-0.05, 0) is 6.92 Å². The van der Waals surface area contributed by atoms with Gasteiger partial charge < -0.3 is 9.64 Å². The normalized spacial score (nSPS) is 13.6. The molecule has 1 aliphatic rings. The van der Waals surface area contributed by atoms with Crippen molar-refractivity contribution < 1.29 is 14.3 Å². The van der Waals surface area contributed by atoms with E-state index in [4.69, 9.17) is 10.00 Å². The molecule has 2 rings (SSSR count). The van der Waals surface area contributed by atoms with Crippen LogP contribution >= 0.6 is 0 Å². The molecule has 1 aliphatic heterocycles. The maximum Gasteiger partial charge on any atom is 0.359 e. The number of amides is 1. The van der Waals surface area contributed by atoms with Gasteiger partial charge in [0.15, 0.2) is 5.69 Å². The molecule has 1 amide bonds. The van der Waals surface area contributed by atoms with Gasteiger partial charge in [0.2, 0.25) is 5.91 Å². The van der Waals surface area contributed by atoms with Crippen molar-refractivity contribution >= 4 is 11.9 Å². The summed E-state index contributed by atoms with van der Waals surface area (Å²) < 4.78 is 6.64. The van der Waals surface area contributed by atoms with Gasteiger partial charge in [0.25, 0.3) is 0 Å². The molecule has 0 spiro atoms. The fourth-order valence-corrected chi connectivity index (χ4v) is 2.35. The van der Waals surface area contributed by atoms with Crippen molar-refractivity contribution in [3.8, 4) is 6.07 Å². The molecule has 0 saturated carbocycles. The second-order valence-corrected chi connectivity index (χ2v) is 4.52. The van der Waals surface area contributed by atoms with E-state index in [0.29, 0.717) is 19.5 Å². The highest BCUT2D eigenvalue weighted by atomic mass is 16.5. The maximum atomic E-state index is 11.9. The molecule has 0 aromatic carbocycles. The van der Waals surface area contributed by atoms with Gasteiger partial charge >= 0.3 is 5.97 Å². The second-order valence-electron chi connectivity index (χ2n) is 4.52. The van der Waals surface area contributed by atoms with Crippen molar-refractivity contribution in [2.24, 2.45) is 7.05 Å². The Kier molecular flexibility index (Phi) is 4.03. The van der Waals surface area contributed by atoms with Crippen molar-refractivity contribution in [2.75, 3.05) is 13.2 Å². The molecule has 7 heteroatoms. The molecule has 0 atom stereocenters. The van der Waals surface area contributed by atoms with E-state index >= 15 is 0 Å². The van der Waals surface area contributed by atoms with Crippen LogP contribution in [0.15, 0.2) is 0 Å². The SMILES string of the molecule is CCOC(=O)c1nn(C)c2c1CN(C(=O)CC#N)CC2. The van der Waals surface area contributed by atoms with E-state index in [-0.39, 0.29) is 24.6 Å². The van der Waals surface area contributed by atoms with Gasteiger partial charge in [-0.25, -0.2) is 4.79 Å². The third kappa shape index (κ3) is 2.50. The van der Waals surface area contributed by atoms with Crippen LogP contribution in [0.3, 0.4) is 0 Å². The Hall–Kier alpha value is -2.36. The van der Waals surface area contributed by atoms with Gasteiger partial charge in [-0.3, -0.25) is 9.48 Å². The topological polar surface area (TPSA) is 88.2 Å². The average Bonchev–Trinajstić information content (AvgIpc) is 2.76. The average molecular weight is 276 g/mol. The molecule has 20 heavy (non-hydrogen) atoms. The van der Waals surface area contributed by atoms with Crippen LogP contribution in [0.1, 0.15) is 35.1 Å². The summed E-state index contributed by atoms with van der Waals surface area (Å²) in [6, 6.07) is 1.85. The van der Waals surface area contributed by atoms with Crippen LogP contribution in [-0.4, -0.2) is 39.7 Å². The smallest absolute Gasteiger partial charge is 0.359 e. The van der Waals surface area contributed by atoms with Crippen LogP contribution in [0.2, 0.25) is 0 Å². The first kappa shape index (κ1) is 14.1. The first-order valence-electron chi connectivity index (χ1n) is 6.45. The van der Waals surface area contributed by atoms with Crippen LogP contribution in [0.4, 0.5) is 0 Å². The zero-order valence-corrected chi connectivity index (χ0v) is 11.5. The summed E-state index contributed by atoms with van der Waals surface area (Å²) in [6.07, 6.45) is 0.472. The molecule has 0 fully saturated rings. The number of hydrogen-bond donors (Lipinski definition) is 0. The fourth-order valence-electron chi connectivity index (χ4n) is 2.35. The van der Waals surface area contributed by atoms with E-state index in [1.165, 1.54) is 0 Å². The van der Waals surface area contributed by atoms with E-state index in [1.54, 1.807) is 23.6 Å². The largest absolute Gasteiger partial charge is 0.461 e. The van der Waals surface area contributed by atoms with Crippen molar-refractivity contribution in [1.29, 1.82) is 5.26 Å². The number of carbonyl (C=O) groups is 2. The molecule has 1 aromatic rings. The Balaban J connectivity index is 2.28. The minimum Gasteiger partial charge on any atom is -0.461 e. The minimum absolute atomic E-state index is 0.148. The molecule has 1 aromatic heterocycles. The first-order chi connectivity index (χ1) is 9.58. The molecule has 106 valence electrons. The number of hydrogen-bond acceptors (Lipinski definition) is 5. The Morgan fingerprint density at radius 1 is 1.50 bits per heavy atom. The zero-order valence-electron chi connectivity index (χ0n) is 11.5. The predicted octanol–water partition coefficient (Wildman–Crippen LogP) is 0.395. The summed E-state index contributed by atoms with van der Waals surface area (Å²) in [6.45, 7) is 2.85. The van der Waals surface area contributed by atoms with Gasteiger partial charge in [-0.15, -0.1) is 0 Å². The van der Waals surface area contributed by atoms with Gasteiger partial charge in [0.05, 0.1) is 12.7 Å². The van der Waals surface area contributed by atoms with Crippen molar-refractivity contribution in [3.05, 3.63) is 17.0 Å². The first-order valence-corrected chi connectivity index (χ1v) is 6.45. The molecule has 0 unspecified atom stereocenters. The predicted molar refractivity (Wildman–Crippen MR) is 68.5 cm³/mol. The lowest BCUT2D eigenvalue weighted by atomic mass is 10.0. The summed E-state index contributed by atoms with van der Waals surface area (Å²) in [4.78, 5) is 25.2. The summed E-state index contributed by atoms with van der Waals surface area (Å²) >= 11 is 0. The highest BCUT2D eigenvalue weighted by Gasteiger charge is 2.29. The molecule has 0 aliphatic carbocycles. The lowest BCUT2D eigenvalue weighted by Crippen LogP contribution is -2.36. The Bertz CT molecular complexity index is 585. The molecular weight excluding hydrogens is 260 g/mol. The number of carbonyl (C=O) groups excluding carboxylic acids is 2. The molecule has 0 saturated heterocycles. The van der Waals surface area contributed by atoms with E-state index in [9.17, 15) is 9.59 Å². The van der Waals surface area contributed by atoms with E-state index in [1.807, 2.05) is 6.07 Å². The van der Waals surface area contributed by atoms with Crippen molar-refractivity contribution in [2.45, 2.75) is 26.3 Å². The maximum absolute atomic E-state index is 11.9. The Morgan fingerprint density at radius 3 is 2.90 bits per heavy atom. The quantitative estimate of drug-likeness (QED) is 0.745. The molecule has 7 nitrogen and oxygen atoms in total. The summed E-state index contributed by atoms with van der Waals surface area (Å²) in [5, 5.41) is 12.8. The summed E-state index contributed by atoms with van der Waals surface area (Å²) in [5.74, 6) is -0.698. The van der Waals surface area contributed by atoms with Gasteiger partial charge in [-0.2, -0.15) is 10.4 Å². The second kappa shape index (κ2) is 5.74. The van der Waals surface area contributed by atoms with E-state index < -0.39 is 5.97 Å². The zero-order chi connectivity index (χ0) is 14.7. The summed E-state index contributed by atoms with van der Waals surface area (Å²) in [5.41, 5.74) is 1.93. The third-order valence-electron chi connectivity index (χ3n) is 3.29. The number of nitriles is 1. The highest BCUT2D eigenvalue weighted by molar-refractivity contribution is 5.89. The number of nitrogens with zero attached hydrogens (tertiary/aromatic N) is 4. The molecule has 0 N–H and O–H groups in total. The van der Waals surface area contributed by atoms with Gasteiger partial charge in [-0.1, -0.05) is 0 Å². The van der Waals surface area contributed by atoms with Gasteiger partial charge in [0.1, 0.15) is 6.42 Å². The number of aromatic nitrogens is 2. The monoisotopic (exact) mass is 276 g/mol. The summed E-state index contributed by atoms with van der Waals surface area (Å²) in [7, 11) is 1.77. The number of fused-ring (bicyclic) bond motifs is 1. The molecule has 0 radical (unpaired) electrons. The highest BCUT2D eigenvalue weighted by Crippen LogP contribution is 2.23. The lowest BCUT2D eigenvalue weighted by molar-refractivity contribution is -0.131. The number of ether oxygens (including phenoxy) is 1. The van der Waals surface area contributed by atoms with E-state index in [0.717, 1.165) is 11.3 Å². The Morgan fingerprint density at radius 2 is 2.25 bits per heavy atom. The number of aryl methyl sites for hydroxylation is 1. The minimum atomic E-state index is -0.473. The van der Waals surface area contributed by atoms with E-state index in [2.05, 4.69) is 5.10 Å². The van der Waals surface area contributed by atoms with Crippen LogP contribution in [0.25, 0.3) is 0 Å². The fraction of sp³-hybridized carbons (Fsp3) is 0.538. The van der Waals surface area contributed by atoms with Crippen molar-refractivity contribution in [3.63, 3.8) is 0 Å². The van der Waals surface area contributed by atoms with Crippen LogP contribution in [-0.2, 0) is 29.5 Å². The number of esters is 1. The molecule has 2 heterocycles.